The van der Waals surface area contributed by atoms with E-state index in [1.165, 1.54) is 36.0 Å². The highest BCUT2D eigenvalue weighted by molar-refractivity contribution is 7.90. The Hall–Kier alpha value is -6.07. The van der Waals surface area contributed by atoms with Crippen molar-refractivity contribution in [1.29, 1.82) is 0 Å². The number of carbonyl (C=O) groups excluding carboxylic acids is 2. The van der Waals surface area contributed by atoms with E-state index < -0.39 is 27.7 Å². The van der Waals surface area contributed by atoms with Gasteiger partial charge in [-0.25, -0.2) is 18.1 Å². The number of piperidine rings is 1. The van der Waals surface area contributed by atoms with Gasteiger partial charge in [0.15, 0.2) is 0 Å². The molecule has 1 aliphatic carbocycles. The summed E-state index contributed by atoms with van der Waals surface area (Å²) in [4.78, 5) is 39.5. The van der Waals surface area contributed by atoms with Gasteiger partial charge < -0.3 is 30.6 Å². The van der Waals surface area contributed by atoms with Gasteiger partial charge in [-0.05, 0) is 109 Å². The number of sulfonamides is 1. The highest BCUT2D eigenvalue weighted by atomic mass is 32.2. The number of ether oxygens (including phenoxy) is 1. The summed E-state index contributed by atoms with van der Waals surface area (Å²) in [5, 5.41) is 4.08. The first kappa shape index (κ1) is 45.5. The third kappa shape index (κ3) is 10.7. The Labute approximate surface area is 377 Å². The summed E-state index contributed by atoms with van der Waals surface area (Å²) in [6.07, 6.45) is 3.38. The molecule has 0 radical (unpaired) electrons. The lowest BCUT2D eigenvalue weighted by atomic mass is 9.72. The van der Waals surface area contributed by atoms with Crippen molar-refractivity contribution in [2.75, 3.05) is 68.3 Å². The minimum Gasteiger partial charge on any atom is -0.455 e. The number of nitrogen functional groups attached to an aromatic ring is 1. The van der Waals surface area contributed by atoms with Crippen molar-refractivity contribution < 1.29 is 35.9 Å². The number of rotatable bonds is 12. The molecule has 2 saturated heterocycles. The maximum atomic E-state index is 13.9. The van der Waals surface area contributed by atoms with Gasteiger partial charge in [0.05, 0.1) is 33.6 Å². The van der Waals surface area contributed by atoms with Crippen LogP contribution in [0.15, 0.2) is 95.7 Å². The molecule has 13 nitrogen and oxygen atoms in total. The smallest absolute Gasteiger partial charge is 0.416 e. The second-order valence-electron chi connectivity index (χ2n) is 18.2. The number of likely N-dealkylation sites (tertiary alicyclic amines) is 1. The fourth-order valence-electron chi connectivity index (χ4n) is 9.07. The van der Waals surface area contributed by atoms with Crippen LogP contribution < -0.4 is 25.4 Å². The van der Waals surface area contributed by atoms with Crippen LogP contribution in [0.25, 0.3) is 16.6 Å². The first-order valence-electron chi connectivity index (χ1n) is 22.0. The van der Waals surface area contributed by atoms with Crippen LogP contribution in [-0.2, 0) is 21.0 Å². The number of hydrogen-bond acceptors (Lipinski definition) is 10. The zero-order chi connectivity index (χ0) is 46.1. The number of halogens is 3. The molecular weight excluding hydrogens is 858 g/mol. The number of alkyl halides is 3. The van der Waals surface area contributed by atoms with Gasteiger partial charge in [-0.1, -0.05) is 31.6 Å². The van der Waals surface area contributed by atoms with Crippen molar-refractivity contribution in [3.05, 3.63) is 107 Å². The van der Waals surface area contributed by atoms with Crippen molar-refractivity contribution in [3.63, 3.8) is 0 Å². The molecule has 5 N–H and O–H groups in total. The van der Waals surface area contributed by atoms with Crippen molar-refractivity contribution in [3.8, 4) is 11.5 Å². The van der Waals surface area contributed by atoms with Gasteiger partial charge in [-0.15, -0.1) is 0 Å². The highest BCUT2D eigenvalue weighted by Gasteiger charge is 2.33. The van der Waals surface area contributed by atoms with Crippen molar-refractivity contribution >= 4 is 55.5 Å². The van der Waals surface area contributed by atoms with E-state index in [1.807, 2.05) is 11.0 Å². The van der Waals surface area contributed by atoms with Crippen LogP contribution in [-0.4, -0.2) is 92.4 Å². The van der Waals surface area contributed by atoms with E-state index >= 15 is 0 Å². The number of nitrogens with one attached hydrogen (secondary N) is 3. The topological polar surface area (TPSA) is 166 Å². The molecule has 344 valence electrons. The molecule has 0 bridgehead atoms. The van der Waals surface area contributed by atoms with Crippen LogP contribution in [0, 0.1) is 11.3 Å². The maximum absolute atomic E-state index is 13.9. The Kier molecular flexibility index (Phi) is 12.9. The zero-order valence-corrected chi connectivity index (χ0v) is 37.6. The van der Waals surface area contributed by atoms with Gasteiger partial charge in [0.25, 0.3) is 15.9 Å². The van der Waals surface area contributed by atoms with E-state index in [0.29, 0.717) is 62.9 Å². The van der Waals surface area contributed by atoms with Gasteiger partial charge in [0.1, 0.15) is 17.1 Å². The third-order valence-corrected chi connectivity index (χ3v) is 14.1. The number of benzene rings is 3. The Bertz CT molecular complexity index is 2710. The Morgan fingerprint density at radius 2 is 1.75 bits per heavy atom. The molecule has 0 saturated carbocycles. The first-order valence-corrected chi connectivity index (χ1v) is 23.5. The number of amides is 2. The number of nitrogens with zero attached hydrogens (tertiary/aromatic N) is 4. The fourth-order valence-corrected chi connectivity index (χ4v) is 10.1. The molecule has 2 amide bonds. The number of fused-ring (bicyclic) bond motifs is 1. The van der Waals surface area contributed by atoms with Crippen LogP contribution in [0.4, 0.5) is 30.2 Å². The van der Waals surface area contributed by atoms with Crippen molar-refractivity contribution in [1.82, 2.24) is 24.5 Å². The number of carbonyl (C=O) groups is 2. The number of H-pyrrole nitrogens is 1. The Morgan fingerprint density at radius 3 is 2.48 bits per heavy atom. The first-order chi connectivity index (χ1) is 30.9. The van der Waals surface area contributed by atoms with Crippen molar-refractivity contribution in [2.24, 2.45) is 11.3 Å². The van der Waals surface area contributed by atoms with E-state index in [1.54, 1.807) is 55.6 Å². The molecule has 17 heteroatoms. The van der Waals surface area contributed by atoms with Crippen LogP contribution in [0.3, 0.4) is 0 Å². The summed E-state index contributed by atoms with van der Waals surface area (Å²) >= 11 is 0. The average Bonchev–Trinajstić information content (AvgIpc) is 3.74. The number of aromatic nitrogens is 2. The molecule has 2 fully saturated rings. The minimum atomic E-state index is -4.39. The molecule has 3 aliphatic rings. The van der Waals surface area contributed by atoms with E-state index in [4.69, 9.17) is 10.5 Å². The molecular formula is C48H55F3N8O5S. The molecule has 4 heterocycles. The lowest BCUT2D eigenvalue weighted by Gasteiger charge is -2.39. The van der Waals surface area contributed by atoms with E-state index in [0.717, 1.165) is 60.9 Å². The number of piperazine rings is 1. The van der Waals surface area contributed by atoms with Gasteiger partial charge in [-0.3, -0.25) is 14.5 Å². The number of aromatic amines is 1. The molecule has 8 rings (SSSR count). The second-order valence-corrected chi connectivity index (χ2v) is 19.9. The average molecular weight is 913 g/mol. The predicted molar refractivity (Wildman–Crippen MR) is 246 cm³/mol. The molecule has 2 aliphatic heterocycles. The summed E-state index contributed by atoms with van der Waals surface area (Å²) in [6.45, 7) is 11.3. The standard InChI is InChI=1S/C48H55F3N8O5S/c1-31(60)59-18-4-5-32(29-59)27-54-43-13-11-39(25-42(43)52)65(62,63)56-46(61)40-12-10-37(24-44(40)64-38-23-34-15-17-53-45(34)55-28-38)58-21-19-57(20-22-58)30-35-14-16-47(2,3)26-41(35)33-6-8-36(9-7-33)48(49,50)51/h6-13,15,17,23-25,28,32,54H,4-5,14,16,18-22,26-27,29-30,52H2,1-3H3,(H,53,55)(H,56,61). The number of pyridine rings is 1. The van der Waals surface area contributed by atoms with E-state index in [-0.39, 0.29) is 39.1 Å². The molecule has 1 unspecified atom stereocenters. The zero-order valence-electron chi connectivity index (χ0n) is 36.8. The lowest BCUT2D eigenvalue weighted by Crippen LogP contribution is -2.47. The fraction of sp³-hybridized carbons (Fsp3) is 0.396. The third-order valence-electron chi connectivity index (χ3n) is 12.8. The molecule has 65 heavy (non-hydrogen) atoms. The lowest BCUT2D eigenvalue weighted by molar-refractivity contribution is -0.137. The highest BCUT2D eigenvalue weighted by Crippen LogP contribution is 2.44. The summed E-state index contributed by atoms with van der Waals surface area (Å²) in [5.41, 5.74) is 11.1. The molecule has 2 aromatic heterocycles. The summed E-state index contributed by atoms with van der Waals surface area (Å²) in [7, 11) is -4.38. The summed E-state index contributed by atoms with van der Waals surface area (Å²) < 4.78 is 76.0. The van der Waals surface area contributed by atoms with Gasteiger partial charge in [0.2, 0.25) is 5.91 Å². The van der Waals surface area contributed by atoms with Crippen LogP contribution in [0.1, 0.15) is 74.4 Å². The predicted octanol–water partition coefficient (Wildman–Crippen LogP) is 8.53. The molecule has 3 aromatic carbocycles. The van der Waals surface area contributed by atoms with Crippen LogP contribution >= 0.6 is 0 Å². The summed E-state index contributed by atoms with van der Waals surface area (Å²) in [6, 6.07) is 18.4. The van der Waals surface area contributed by atoms with Gasteiger partial charge in [-0.2, -0.15) is 13.2 Å². The normalized spacial score (nSPS) is 18.5. The maximum Gasteiger partial charge on any atom is 0.416 e. The quantitative estimate of drug-likeness (QED) is 0.0892. The Morgan fingerprint density at radius 1 is 0.985 bits per heavy atom. The van der Waals surface area contributed by atoms with E-state index in [9.17, 15) is 31.2 Å². The Balaban J connectivity index is 0.972. The number of hydrogen-bond donors (Lipinski definition) is 4. The molecule has 0 spiro atoms. The number of allylic oxidation sites excluding steroid dienone is 1. The molecule has 5 aromatic rings. The molecule has 1 atom stereocenters. The summed E-state index contributed by atoms with van der Waals surface area (Å²) in [5.74, 6) is -0.150. The van der Waals surface area contributed by atoms with Gasteiger partial charge in [0, 0.05) is 82.6 Å². The second kappa shape index (κ2) is 18.4. The van der Waals surface area contributed by atoms with Crippen LogP contribution in [0.2, 0.25) is 0 Å². The van der Waals surface area contributed by atoms with Crippen LogP contribution in [0.5, 0.6) is 11.5 Å². The minimum absolute atomic E-state index is 0.00794. The van der Waals surface area contributed by atoms with Crippen molar-refractivity contribution in [2.45, 2.75) is 63.9 Å². The van der Waals surface area contributed by atoms with Gasteiger partial charge >= 0.3 is 6.18 Å². The largest absolute Gasteiger partial charge is 0.455 e. The van der Waals surface area contributed by atoms with E-state index in [2.05, 4.69) is 43.7 Å². The number of anilines is 3. The monoisotopic (exact) mass is 912 g/mol. The number of nitrogens with two attached hydrogens (primary N) is 1. The SMILES string of the molecule is CC(=O)N1CCCC(CNc2ccc(S(=O)(=O)NC(=O)c3ccc(N4CCN(CC5=C(c6ccc(C(F)(F)F)cc6)CC(C)(C)CC5)CC4)cc3Oc3cnc4[nH]ccc4c3)cc2N)C1.